The van der Waals surface area contributed by atoms with Gasteiger partial charge in [-0.1, -0.05) is 0 Å². The van der Waals surface area contributed by atoms with Crippen LogP contribution in [0.3, 0.4) is 0 Å². The molecule has 0 amide bonds. The van der Waals surface area contributed by atoms with Crippen molar-refractivity contribution < 1.29 is 14.3 Å². The second-order valence-electron chi connectivity index (χ2n) is 4.14. The van der Waals surface area contributed by atoms with E-state index in [4.69, 9.17) is 4.74 Å². The third-order valence-electron chi connectivity index (χ3n) is 2.65. The van der Waals surface area contributed by atoms with Gasteiger partial charge in [0, 0.05) is 38.6 Å². The first-order chi connectivity index (χ1) is 9.17. The van der Waals surface area contributed by atoms with Crippen LogP contribution in [0.4, 0.5) is 5.69 Å². The van der Waals surface area contributed by atoms with Crippen molar-refractivity contribution in [1.82, 2.24) is 9.88 Å². The number of aromatic nitrogens is 1. The van der Waals surface area contributed by atoms with Gasteiger partial charge in [-0.05, 0) is 19.2 Å². The molecule has 0 fully saturated rings. The minimum absolute atomic E-state index is 0.306. The molecule has 0 bridgehead atoms. The van der Waals surface area contributed by atoms with Crippen LogP contribution in [0.2, 0.25) is 0 Å². The molecule has 1 heterocycles. The first-order valence-corrected chi connectivity index (χ1v) is 6.13. The van der Waals surface area contributed by atoms with Crippen molar-refractivity contribution in [3.63, 3.8) is 0 Å². The molecule has 1 aromatic rings. The quantitative estimate of drug-likeness (QED) is 0.705. The molecule has 1 aromatic heterocycles. The molecule has 1 rings (SSSR count). The van der Waals surface area contributed by atoms with Gasteiger partial charge in [-0.25, -0.2) is 9.78 Å². The number of hydrogen-bond donors (Lipinski definition) is 1. The van der Waals surface area contributed by atoms with Crippen LogP contribution in [0.15, 0.2) is 18.3 Å². The summed E-state index contributed by atoms with van der Waals surface area (Å²) in [5.74, 6) is -0.430. The summed E-state index contributed by atoms with van der Waals surface area (Å²) in [4.78, 5) is 17.4. The number of pyridine rings is 1. The molecule has 0 saturated carbocycles. The first kappa shape index (κ1) is 15.4. The molecule has 0 aliphatic carbocycles. The number of hydrogen-bond acceptors (Lipinski definition) is 6. The van der Waals surface area contributed by atoms with Gasteiger partial charge in [-0.15, -0.1) is 0 Å². The van der Waals surface area contributed by atoms with Gasteiger partial charge in [0.05, 0.1) is 13.7 Å². The highest BCUT2D eigenvalue weighted by atomic mass is 16.5. The Bertz CT molecular complexity index is 398. The van der Waals surface area contributed by atoms with E-state index in [0.29, 0.717) is 5.69 Å². The number of likely N-dealkylation sites (N-methyl/N-ethyl adjacent to an activating group) is 1. The Kier molecular flexibility index (Phi) is 6.84. The average molecular weight is 267 g/mol. The van der Waals surface area contributed by atoms with Crippen molar-refractivity contribution in [3.8, 4) is 0 Å². The fourth-order valence-electron chi connectivity index (χ4n) is 1.51. The lowest BCUT2D eigenvalue weighted by atomic mass is 10.3. The van der Waals surface area contributed by atoms with E-state index < -0.39 is 5.97 Å². The number of ether oxygens (including phenoxy) is 2. The Morgan fingerprint density at radius 1 is 1.42 bits per heavy atom. The van der Waals surface area contributed by atoms with E-state index in [9.17, 15) is 4.79 Å². The standard InChI is InChI=1S/C13H21N3O3/c1-16(8-9-18-2)7-6-14-11-4-5-15-12(10-11)13(17)19-3/h4-5,10H,6-9H2,1-3H3,(H,14,15). The molecule has 106 valence electrons. The van der Waals surface area contributed by atoms with Crippen molar-refractivity contribution in [2.75, 3.05) is 52.8 Å². The van der Waals surface area contributed by atoms with Crippen molar-refractivity contribution >= 4 is 11.7 Å². The van der Waals surface area contributed by atoms with Crippen LogP contribution in [-0.2, 0) is 9.47 Å². The maximum Gasteiger partial charge on any atom is 0.356 e. The minimum atomic E-state index is -0.430. The molecule has 0 atom stereocenters. The molecule has 0 radical (unpaired) electrons. The predicted molar refractivity (Wildman–Crippen MR) is 73.4 cm³/mol. The number of carbonyl (C=O) groups is 1. The SMILES string of the molecule is COCCN(C)CCNc1ccnc(C(=O)OC)c1. The predicted octanol–water partition coefficient (Wildman–Crippen LogP) is 0.858. The molecule has 0 unspecified atom stereocenters. The smallest absolute Gasteiger partial charge is 0.356 e. The molecule has 0 aromatic carbocycles. The molecular weight excluding hydrogens is 246 g/mol. The Morgan fingerprint density at radius 2 is 2.21 bits per heavy atom. The monoisotopic (exact) mass is 267 g/mol. The van der Waals surface area contributed by atoms with E-state index in [1.54, 1.807) is 19.4 Å². The number of methoxy groups -OCH3 is 2. The zero-order chi connectivity index (χ0) is 14.1. The van der Waals surface area contributed by atoms with Gasteiger partial charge in [0.15, 0.2) is 0 Å². The summed E-state index contributed by atoms with van der Waals surface area (Å²) in [6.07, 6.45) is 1.59. The molecule has 6 heteroatoms. The molecule has 0 saturated heterocycles. The molecule has 0 aliphatic rings. The number of nitrogens with zero attached hydrogens (tertiary/aromatic N) is 2. The fourth-order valence-corrected chi connectivity index (χ4v) is 1.51. The molecular formula is C13H21N3O3. The summed E-state index contributed by atoms with van der Waals surface area (Å²) in [7, 11) is 5.07. The summed E-state index contributed by atoms with van der Waals surface area (Å²) < 4.78 is 9.64. The maximum atomic E-state index is 11.3. The van der Waals surface area contributed by atoms with Gasteiger partial charge in [0.25, 0.3) is 0 Å². The largest absolute Gasteiger partial charge is 0.464 e. The van der Waals surface area contributed by atoms with Gasteiger partial charge in [-0.2, -0.15) is 0 Å². The maximum absolute atomic E-state index is 11.3. The Hall–Kier alpha value is -1.66. The van der Waals surface area contributed by atoms with Gasteiger partial charge >= 0.3 is 5.97 Å². The molecule has 6 nitrogen and oxygen atoms in total. The van der Waals surface area contributed by atoms with Crippen LogP contribution in [0.25, 0.3) is 0 Å². The highest BCUT2D eigenvalue weighted by molar-refractivity contribution is 5.88. The van der Waals surface area contributed by atoms with E-state index in [-0.39, 0.29) is 0 Å². The van der Waals surface area contributed by atoms with Gasteiger partial charge < -0.3 is 19.7 Å². The van der Waals surface area contributed by atoms with Gasteiger partial charge in [0.1, 0.15) is 5.69 Å². The topological polar surface area (TPSA) is 63.7 Å². The van der Waals surface area contributed by atoms with Gasteiger partial charge in [0.2, 0.25) is 0 Å². The summed E-state index contributed by atoms with van der Waals surface area (Å²) in [5.41, 5.74) is 1.16. The number of anilines is 1. The summed E-state index contributed by atoms with van der Waals surface area (Å²) in [6, 6.07) is 3.50. The van der Waals surface area contributed by atoms with Crippen LogP contribution in [0.1, 0.15) is 10.5 Å². The minimum Gasteiger partial charge on any atom is -0.464 e. The van der Waals surface area contributed by atoms with E-state index >= 15 is 0 Å². The van der Waals surface area contributed by atoms with Crippen molar-refractivity contribution in [3.05, 3.63) is 24.0 Å². The van der Waals surface area contributed by atoms with Crippen molar-refractivity contribution in [1.29, 1.82) is 0 Å². The third kappa shape index (κ3) is 5.67. The highest BCUT2D eigenvalue weighted by Gasteiger charge is 2.07. The second kappa shape index (κ2) is 8.44. The normalized spacial score (nSPS) is 10.5. The first-order valence-electron chi connectivity index (χ1n) is 6.13. The summed E-state index contributed by atoms with van der Waals surface area (Å²) in [5, 5.41) is 3.24. The zero-order valence-corrected chi connectivity index (χ0v) is 11.7. The van der Waals surface area contributed by atoms with Crippen LogP contribution in [0.5, 0.6) is 0 Å². The summed E-state index contributed by atoms with van der Waals surface area (Å²) in [6.45, 7) is 3.28. The Morgan fingerprint density at radius 3 is 2.89 bits per heavy atom. The van der Waals surface area contributed by atoms with Crippen molar-refractivity contribution in [2.24, 2.45) is 0 Å². The number of nitrogens with one attached hydrogen (secondary N) is 1. The Balaban J connectivity index is 2.39. The number of esters is 1. The third-order valence-corrected chi connectivity index (χ3v) is 2.65. The fraction of sp³-hybridized carbons (Fsp3) is 0.538. The summed E-state index contributed by atoms with van der Waals surface area (Å²) >= 11 is 0. The molecule has 0 spiro atoms. The lowest BCUT2D eigenvalue weighted by molar-refractivity contribution is 0.0594. The Labute approximate surface area is 113 Å². The van der Waals surface area contributed by atoms with Gasteiger partial charge in [-0.3, -0.25) is 0 Å². The van der Waals surface area contributed by atoms with Crippen LogP contribution < -0.4 is 5.32 Å². The average Bonchev–Trinajstić information content (AvgIpc) is 2.44. The number of rotatable bonds is 8. The molecule has 19 heavy (non-hydrogen) atoms. The van der Waals surface area contributed by atoms with Crippen molar-refractivity contribution in [2.45, 2.75) is 0 Å². The highest BCUT2D eigenvalue weighted by Crippen LogP contribution is 2.08. The van der Waals surface area contributed by atoms with E-state index in [1.807, 2.05) is 13.1 Å². The van der Waals surface area contributed by atoms with E-state index in [1.165, 1.54) is 7.11 Å². The van der Waals surface area contributed by atoms with Crippen LogP contribution in [0, 0.1) is 0 Å². The zero-order valence-electron chi connectivity index (χ0n) is 11.7. The molecule has 0 aliphatic heterocycles. The lowest BCUT2D eigenvalue weighted by Crippen LogP contribution is -2.28. The second-order valence-corrected chi connectivity index (χ2v) is 4.14. The van der Waals surface area contributed by atoms with Crippen LogP contribution in [-0.4, -0.2) is 63.4 Å². The van der Waals surface area contributed by atoms with Crippen LogP contribution >= 0.6 is 0 Å². The lowest BCUT2D eigenvalue weighted by Gasteiger charge is -2.16. The molecule has 1 N–H and O–H groups in total. The van der Waals surface area contributed by atoms with E-state index in [0.717, 1.165) is 31.9 Å². The van der Waals surface area contributed by atoms with E-state index in [2.05, 4.69) is 19.9 Å². The number of carbonyl (C=O) groups excluding carboxylic acids is 1.